The van der Waals surface area contributed by atoms with Crippen LogP contribution in [-0.2, 0) is 38.1 Å². The van der Waals surface area contributed by atoms with Crippen molar-refractivity contribution in [2.24, 2.45) is 11.8 Å². The first-order valence-electron chi connectivity index (χ1n) is 17.0. The van der Waals surface area contributed by atoms with E-state index in [1.165, 1.54) is 26.8 Å². The van der Waals surface area contributed by atoms with Crippen LogP contribution >= 0.6 is 70.6 Å². The summed E-state index contributed by atoms with van der Waals surface area (Å²) >= 11 is 11.4. The number of ether oxygens (including phenoxy) is 4. The summed E-state index contributed by atoms with van der Waals surface area (Å²) in [6, 6.07) is 0. The second-order valence-corrected chi connectivity index (χ2v) is 18.6. The minimum absolute atomic E-state index is 0.259. The molecule has 0 saturated heterocycles. The van der Waals surface area contributed by atoms with Crippen molar-refractivity contribution in [3.8, 4) is 0 Å². The number of hydrogen-bond donors (Lipinski definition) is 0. The van der Waals surface area contributed by atoms with Gasteiger partial charge in [-0.1, -0.05) is 85.6 Å². The summed E-state index contributed by atoms with van der Waals surface area (Å²) in [5, 5.41) is 0. The van der Waals surface area contributed by atoms with Crippen LogP contribution in [0.1, 0.15) is 106 Å². The summed E-state index contributed by atoms with van der Waals surface area (Å²) in [6.07, 6.45) is 8.76. The SMILES string of the molecule is CCOC(=O)C(CCCCCCSC1=C(C)S/C(=C2/SC(C)=C(SCCCCCCC(C(=O)OCC)C(=O)OCC)S2)S1)C(=O)OCC. The van der Waals surface area contributed by atoms with Gasteiger partial charge >= 0.3 is 23.9 Å². The van der Waals surface area contributed by atoms with Crippen molar-refractivity contribution in [3.63, 3.8) is 0 Å². The first kappa shape index (κ1) is 43.4. The van der Waals surface area contributed by atoms with Crippen LogP contribution in [0.4, 0.5) is 0 Å². The third-order valence-corrected chi connectivity index (χ3v) is 16.1. The third-order valence-electron chi connectivity index (χ3n) is 7.13. The Bertz CT molecular complexity index is 1040. The predicted molar refractivity (Wildman–Crippen MR) is 207 cm³/mol. The van der Waals surface area contributed by atoms with Crippen LogP contribution in [0.5, 0.6) is 0 Å². The maximum atomic E-state index is 12.2. The molecule has 0 fully saturated rings. The van der Waals surface area contributed by atoms with Crippen molar-refractivity contribution < 1.29 is 38.1 Å². The highest BCUT2D eigenvalue weighted by Gasteiger charge is 2.30. The highest BCUT2D eigenvalue weighted by molar-refractivity contribution is 8.40. The van der Waals surface area contributed by atoms with Gasteiger partial charge < -0.3 is 18.9 Å². The number of carbonyl (C=O) groups excluding carboxylic acids is 4. The van der Waals surface area contributed by atoms with Crippen LogP contribution in [0, 0.1) is 11.8 Å². The lowest BCUT2D eigenvalue weighted by Gasteiger charge is -2.14. The largest absolute Gasteiger partial charge is 0.465 e. The quantitative estimate of drug-likeness (QED) is 0.0401. The third kappa shape index (κ3) is 15.6. The van der Waals surface area contributed by atoms with Gasteiger partial charge in [-0.3, -0.25) is 19.2 Å². The molecule has 0 unspecified atom stereocenters. The van der Waals surface area contributed by atoms with Gasteiger partial charge in [0.2, 0.25) is 0 Å². The van der Waals surface area contributed by atoms with Crippen molar-refractivity contribution >= 4 is 94.4 Å². The second kappa shape index (κ2) is 25.2. The first-order valence-corrected chi connectivity index (χ1v) is 22.2. The van der Waals surface area contributed by atoms with Gasteiger partial charge in [-0.2, -0.15) is 0 Å². The maximum absolute atomic E-state index is 12.2. The fraction of sp³-hybridized carbons (Fsp3) is 0.706. The number of rotatable bonds is 24. The molecule has 0 saturated carbocycles. The zero-order chi connectivity index (χ0) is 35.3. The van der Waals surface area contributed by atoms with E-state index >= 15 is 0 Å². The van der Waals surface area contributed by atoms with Crippen LogP contribution < -0.4 is 0 Å². The molecule has 0 amide bonds. The number of thioether (sulfide) groups is 6. The van der Waals surface area contributed by atoms with Crippen LogP contribution in [0.15, 0.2) is 26.8 Å². The molecule has 0 N–H and O–H groups in total. The van der Waals surface area contributed by atoms with Crippen molar-refractivity contribution in [1.29, 1.82) is 0 Å². The van der Waals surface area contributed by atoms with Crippen molar-refractivity contribution in [2.75, 3.05) is 37.9 Å². The Labute approximate surface area is 313 Å². The van der Waals surface area contributed by atoms with Crippen molar-refractivity contribution in [3.05, 3.63) is 26.8 Å². The maximum Gasteiger partial charge on any atom is 0.320 e. The lowest BCUT2D eigenvalue weighted by molar-refractivity contribution is -0.163. The Morgan fingerprint density at radius 3 is 1.12 bits per heavy atom. The van der Waals surface area contributed by atoms with E-state index in [0.29, 0.717) is 12.8 Å². The molecule has 0 spiro atoms. The molecule has 0 aromatic heterocycles. The zero-order valence-corrected chi connectivity index (χ0v) is 34.1. The molecule has 0 aromatic carbocycles. The molecule has 272 valence electrons. The summed E-state index contributed by atoms with van der Waals surface area (Å²) < 4.78 is 25.8. The van der Waals surface area contributed by atoms with E-state index < -0.39 is 35.7 Å². The summed E-state index contributed by atoms with van der Waals surface area (Å²) in [5.41, 5.74) is 0. The van der Waals surface area contributed by atoms with Gasteiger partial charge in [0.25, 0.3) is 0 Å². The Morgan fingerprint density at radius 2 is 0.812 bits per heavy atom. The van der Waals surface area contributed by atoms with Gasteiger partial charge in [0.15, 0.2) is 11.8 Å². The Hall–Kier alpha value is -0.800. The number of esters is 4. The van der Waals surface area contributed by atoms with E-state index in [0.717, 1.165) is 62.9 Å². The summed E-state index contributed by atoms with van der Waals surface area (Å²) in [5.74, 6) is -1.45. The smallest absolute Gasteiger partial charge is 0.320 e. The van der Waals surface area contributed by atoms with E-state index in [-0.39, 0.29) is 26.4 Å². The average molecular weight is 781 g/mol. The molecule has 0 radical (unpaired) electrons. The van der Waals surface area contributed by atoms with Crippen molar-refractivity contribution in [2.45, 2.75) is 106 Å². The summed E-state index contributed by atoms with van der Waals surface area (Å²) in [6.45, 7) is 12.4. The number of carbonyl (C=O) groups is 4. The molecule has 0 aromatic rings. The molecular weight excluding hydrogens is 729 g/mol. The summed E-state index contributed by atoms with van der Waals surface area (Å²) in [4.78, 5) is 51.4. The standard InChI is InChI=1S/C34H52O8S6/c1-7-39-27(35)25(28(36)40-8-2)19-15-11-13-17-21-43-31-23(5)45-33(47-31)34-46-24(6)32(48-34)44-22-18-14-12-16-20-26(29(37)41-9-3)30(38)42-10-4/h25-26H,7-22H2,1-6H3/b34-33+. The van der Waals surface area contributed by atoms with E-state index in [9.17, 15) is 19.2 Å². The van der Waals surface area contributed by atoms with E-state index in [4.69, 9.17) is 18.9 Å². The van der Waals surface area contributed by atoms with E-state index in [1.54, 1.807) is 27.7 Å². The molecule has 0 atom stereocenters. The number of allylic oxidation sites excluding steroid dienone is 2. The molecule has 8 nitrogen and oxygen atoms in total. The van der Waals surface area contributed by atoms with Crippen LogP contribution in [0.25, 0.3) is 0 Å². The summed E-state index contributed by atoms with van der Waals surface area (Å²) in [7, 11) is 0. The Balaban J connectivity index is 1.65. The molecule has 2 aliphatic heterocycles. The Kier molecular flexibility index (Phi) is 22.8. The van der Waals surface area contributed by atoms with Gasteiger partial charge in [0.1, 0.15) is 0 Å². The van der Waals surface area contributed by atoms with Gasteiger partial charge in [-0.05, 0) is 78.7 Å². The topological polar surface area (TPSA) is 105 Å². The highest BCUT2D eigenvalue weighted by atomic mass is 32.2. The molecule has 2 rings (SSSR count). The molecule has 0 aliphatic carbocycles. The zero-order valence-electron chi connectivity index (χ0n) is 29.2. The monoisotopic (exact) mass is 780 g/mol. The molecule has 48 heavy (non-hydrogen) atoms. The molecule has 2 heterocycles. The van der Waals surface area contributed by atoms with Crippen LogP contribution in [0.3, 0.4) is 0 Å². The molecule has 2 aliphatic rings. The minimum atomic E-state index is -0.817. The highest BCUT2D eigenvalue weighted by Crippen LogP contribution is 2.63. The van der Waals surface area contributed by atoms with Gasteiger partial charge in [-0.25, -0.2) is 0 Å². The normalized spacial score (nSPS) is 16.3. The minimum Gasteiger partial charge on any atom is -0.465 e. The lowest BCUT2D eigenvalue weighted by atomic mass is 10.0. The fourth-order valence-electron chi connectivity index (χ4n) is 4.72. The average Bonchev–Trinajstić information content (AvgIpc) is 3.61. The van der Waals surface area contributed by atoms with E-state index in [2.05, 4.69) is 13.8 Å². The van der Waals surface area contributed by atoms with Crippen LogP contribution in [0.2, 0.25) is 0 Å². The van der Waals surface area contributed by atoms with Gasteiger partial charge in [0, 0.05) is 9.81 Å². The lowest BCUT2D eigenvalue weighted by Crippen LogP contribution is -2.28. The fourth-order valence-corrected chi connectivity index (χ4v) is 13.3. The van der Waals surface area contributed by atoms with Crippen LogP contribution in [-0.4, -0.2) is 61.8 Å². The molecule has 0 bridgehead atoms. The predicted octanol–water partition coefficient (Wildman–Crippen LogP) is 10.3. The van der Waals surface area contributed by atoms with Crippen molar-refractivity contribution in [1.82, 2.24) is 0 Å². The second-order valence-electron chi connectivity index (χ2n) is 10.9. The molecule has 14 heteroatoms. The van der Waals surface area contributed by atoms with Gasteiger partial charge in [-0.15, -0.1) is 23.5 Å². The number of hydrogen-bond acceptors (Lipinski definition) is 14. The molecular formula is C34H52O8S6. The van der Waals surface area contributed by atoms with Gasteiger partial charge in [0.05, 0.1) is 43.4 Å². The first-order chi connectivity index (χ1) is 23.2. The number of unbranched alkanes of at least 4 members (excludes halogenated alkanes) is 6. The Morgan fingerprint density at radius 1 is 0.500 bits per heavy atom. The van der Waals surface area contributed by atoms with E-state index in [1.807, 2.05) is 70.6 Å².